The van der Waals surface area contributed by atoms with Crippen molar-refractivity contribution in [1.82, 2.24) is 10.2 Å². The summed E-state index contributed by atoms with van der Waals surface area (Å²) in [4.78, 5) is 38.6. The molecule has 1 aromatic carbocycles. The number of methoxy groups -OCH3 is 1. The molecule has 7 nitrogen and oxygen atoms in total. The van der Waals surface area contributed by atoms with E-state index >= 15 is 0 Å². The van der Waals surface area contributed by atoms with Gasteiger partial charge in [-0.1, -0.05) is 44.2 Å². The molecule has 0 spiro atoms. The minimum Gasteiger partial charge on any atom is -0.477 e. The quantitative estimate of drug-likeness (QED) is 0.533. The number of carboxylic acids is 1. The van der Waals surface area contributed by atoms with Crippen LogP contribution in [0.2, 0.25) is 0 Å². The van der Waals surface area contributed by atoms with E-state index in [0.717, 1.165) is 11.1 Å². The highest BCUT2D eigenvalue weighted by molar-refractivity contribution is 8.00. The van der Waals surface area contributed by atoms with Crippen LogP contribution in [0.5, 0.6) is 0 Å². The third-order valence-electron chi connectivity index (χ3n) is 4.82. The number of β-lactam (4-membered cyclic amide) rings is 1. The van der Waals surface area contributed by atoms with E-state index in [-0.39, 0.29) is 23.9 Å². The van der Waals surface area contributed by atoms with Crippen molar-refractivity contribution in [3.63, 3.8) is 0 Å². The molecule has 2 aliphatic heterocycles. The molecule has 2 heterocycles. The van der Waals surface area contributed by atoms with Crippen LogP contribution in [-0.4, -0.2) is 51.8 Å². The van der Waals surface area contributed by atoms with Gasteiger partial charge in [0.05, 0.1) is 6.42 Å². The van der Waals surface area contributed by atoms with E-state index in [0.29, 0.717) is 12.2 Å². The first-order chi connectivity index (χ1) is 13.3. The minimum absolute atomic E-state index is 0.0208. The molecule has 0 radical (unpaired) electrons. The van der Waals surface area contributed by atoms with E-state index in [1.165, 1.54) is 23.8 Å². The standard InChI is InChI=1S/C20H24N2O5S/c1-12(2)9-14-11-28-19-20(27-3,18(26)22(19)16(14)17(24)25)21-15(23)10-13-7-5-4-6-8-13/h4-8,12,19H,9-11H2,1-3H3,(H,21,23)(H,24,25). The van der Waals surface area contributed by atoms with Gasteiger partial charge in [0.15, 0.2) is 0 Å². The normalized spacial score (nSPS) is 24.1. The first-order valence-electron chi connectivity index (χ1n) is 9.10. The Morgan fingerprint density at radius 1 is 1.36 bits per heavy atom. The van der Waals surface area contributed by atoms with Gasteiger partial charge in [-0.2, -0.15) is 0 Å². The van der Waals surface area contributed by atoms with Crippen LogP contribution in [0, 0.1) is 5.92 Å². The number of fused-ring (bicyclic) bond motifs is 1. The number of aliphatic carboxylic acids is 1. The molecule has 2 aliphatic rings. The van der Waals surface area contributed by atoms with Crippen LogP contribution in [-0.2, 0) is 25.5 Å². The van der Waals surface area contributed by atoms with E-state index in [1.54, 1.807) is 0 Å². The summed E-state index contributed by atoms with van der Waals surface area (Å²) in [7, 11) is 1.35. The van der Waals surface area contributed by atoms with E-state index < -0.39 is 23.0 Å². The number of ether oxygens (including phenoxy) is 1. The highest BCUT2D eigenvalue weighted by atomic mass is 32.2. The van der Waals surface area contributed by atoms with Crippen LogP contribution >= 0.6 is 11.8 Å². The third kappa shape index (κ3) is 3.54. The van der Waals surface area contributed by atoms with Gasteiger partial charge >= 0.3 is 5.97 Å². The second-order valence-electron chi connectivity index (χ2n) is 7.34. The average molecular weight is 404 g/mol. The molecule has 1 fully saturated rings. The van der Waals surface area contributed by atoms with Gasteiger partial charge in [0.1, 0.15) is 11.1 Å². The Bertz CT molecular complexity index is 823. The Labute approximate surface area is 168 Å². The van der Waals surface area contributed by atoms with Crippen molar-refractivity contribution in [3.05, 3.63) is 47.2 Å². The fraction of sp³-hybridized carbons (Fsp3) is 0.450. The summed E-state index contributed by atoms with van der Waals surface area (Å²) in [6.45, 7) is 4.01. The molecular weight excluding hydrogens is 380 g/mol. The second kappa shape index (κ2) is 7.97. The van der Waals surface area contributed by atoms with Crippen molar-refractivity contribution in [2.45, 2.75) is 37.8 Å². The van der Waals surface area contributed by atoms with Gasteiger partial charge in [-0.3, -0.25) is 14.5 Å². The number of benzene rings is 1. The molecule has 28 heavy (non-hydrogen) atoms. The van der Waals surface area contributed by atoms with Crippen molar-refractivity contribution in [2.75, 3.05) is 12.9 Å². The zero-order chi connectivity index (χ0) is 20.5. The molecule has 1 aromatic rings. The first-order valence-corrected chi connectivity index (χ1v) is 10.2. The minimum atomic E-state index is -1.54. The lowest BCUT2D eigenvalue weighted by Gasteiger charge is -2.56. The number of carbonyl (C=O) groups excluding carboxylic acids is 2. The maximum atomic E-state index is 13.0. The summed E-state index contributed by atoms with van der Waals surface area (Å²) >= 11 is 1.41. The molecule has 2 amide bonds. The summed E-state index contributed by atoms with van der Waals surface area (Å²) in [5.41, 5.74) is 0.0296. The number of nitrogens with one attached hydrogen (secondary N) is 1. The van der Waals surface area contributed by atoms with Crippen LogP contribution in [0.15, 0.2) is 41.6 Å². The van der Waals surface area contributed by atoms with Crippen molar-refractivity contribution in [3.8, 4) is 0 Å². The van der Waals surface area contributed by atoms with Crippen LogP contribution in [0.25, 0.3) is 0 Å². The SMILES string of the molecule is COC1(NC(=O)Cc2ccccc2)C(=O)N2C(C(=O)O)=C(CC(C)C)CSC21. The summed E-state index contributed by atoms with van der Waals surface area (Å²) in [5.74, 6) is -1.28. The molecule has 1 saturated heterocycles. The highest BCUT2D eigenvalue weighted by Gasteiger charge is 2.66. The number of nitrogens with zero attached hydrogens (tertiary/aromatic N) is 1. The maximum Gasteiger partial charge on any atom is 0.352 e. The monoisotopic (exact) mass is 404 g/mol. The Hall–Kier alpha value is -2.32. The Morgan fingerprint density at radius 2 is 2.04 bits per heavy atom. The Morgan fingerprint density at radius 3 is 2.61 bits per heavy atom. The zero-order valence-electron chi connectivity index (χ0n) is 16.1. The van der Waals surface area contributed by atoms with E-state index in [1.807, 2.05) is 44.2 Å². The molecular formula is C20H24N2O5S. The van der Waals surface area contributed by atoms with Crippen molar-refractivity contribution < 1.29 is 24.2 Å². The lowest BCUT2D eigenvalue weighted by atomic mass is 9.95. The molecule has 0 aromatic heterocycles. The number of carboxylic acid groups (broad SMARTS) is 1. The third-order valence-corrected chi connectivity index (χ3v) is 6.20. The predicted molar refractivity (Wildman–Crippen MR) is 105 cm³/mol. The fourth-order valence-electron chi connectivity index (χ4n) is 3.63. The topological polar surface area (TPSA) is 95.9 Å². The van der Waals surface area contributed by atoms with Gasteiger partial charge in [0, 0.05) is 12.9 Å². The van der Waals surface area contributed by atoms with E-state index in [4.69, 9.17) is 4.74 Å². The molecule has 2 N–H and O–H groups in total. The highest BCUT2D eigenvalue weighted by Crippen LogP contribution is 2.47. The number of hydrogen-bond donors (Lipinski definition) is 2. The molecule has 150 valence electrons. The number of rotatable bonds is 7. The predicted octanol–water partition coefficient (Wildman–Crippen LogP) is 1.99. The van der Waals surface area contributed by atoms with Crippen LogP contribution in [0.4, 0.5) is 0 Å². The smallest absolute Gasteiger partial charge is 0.352 e. The van der Waals surface area contributed by atoms with Crippen LogP contribution < -0.4 is 5.32 Å². The molecule has 8 heteroatoms. The Balaban J connectivity index is 1.82. The van der Waals surface area contributed by atoms with Crippen LogP contribution in [0.3, 0.4) is 0 Å². The van der Waals surface area contributed by atoms with E-state index in [9.17, 15) is 19.5 Å². The zero-order valence-corrected chi connectivity index (χ0v) is 16.9. The molecule has 2 atom stereocenters. The van der Waals surface area contributed by atoms with Crippen molar-refractivity contribution in [2.24, 2.45) is 5.92 Å². The summed E-state index contributed by atoms with van der Waals surface area (Å²) in [5, 5.41) is 11.8. The number of thioether (sulfide) groups is 1. The fourth-order valence-corrected chi connectivity index (χ4v) is 5.08. The van der Waals surface area contributed by atoms with Gasteiger partial charge in [0.25, 0.3) is 11.6 Å². The molecule has 2 unspecified atom stereocenters. The summed E-state index contributed by atoms with van der Waals surface area (Å²) < 4.78 is 5.45. The Kier molecular flexibility index (Phi) is 5.81. The maximum absolute atomic E-state index is 13.0. The largest absolute Gasteiger partial charge is 0.477 e. The van der Waals surface area contributed by atoms with Crippen molar-refractivity contribution >= 4 is 29.5 Å². The van der Waals surface area contributed by atoms with Gasteiger partial charge in [0.2, 0.25) is 5.91 Å². The number of hydrogen-bond acceptors (Lipinski definition) is 5. The van der Waals surface area contributed by atoms with Gasteiger partial charge < -0.3 is 15.2 Å². The first kappa shape index (κ1) is 20.4. The van der Waals surface area contributed by atoms with E-state index in [2.05, 4.69) is 5.32 Å². The van der Waals surface area contributed by atoms with Crippen LogP contribution in [0.1, 0.15) is 25.8 Å². The molecule has 3 rings (SSSR count). The summed E-state index contributed by atoms with van der Waals surface area (Å²) in [6, 6.07) is 9.18. The average Bonchev–Trinajstić information content (AvgIpc) is 2.65. The second-order valence-corrected chi connectivity index (χ2v) is 8.41. The summed E-state index contributed by atoms with van der Waals surface area (Å²) in [6.07, 6.45) is 0.711. The van der Waals surface area contributed by atoms with Gasteiger partial charge in [-0.15, -0.1) is 11.8 Å². The van der Waals surface area contributed by atoms with Crippen molar-refractivity contribution in [1.29, 1.82) is 0 Å². The molecule has 0 bridgehead atoms. The van der Waals surface area contributed by atoms with Gasteiger partial charge in [-0.05, 0) is 23.5 Å². The lowest BCUT2D eigenvalue weighted by Crippen LogP contribution is -2.80. The van der Waals surface area contributed by atoms with Gasteiger partial charge in [-0.25, -0.2) is 4.79 Å². The number of carbonyl (C=O) groups is 3. The molecule has 0 aliphatic carbocycles. The lowest BCUT2D eigenvalue weighted by molar-refractivity contribution is -0.192. The number of amides is 2. The molecule has 0 saturated carbocycles.